The first-order chi connectivity index (χ1) is 17.8. The van der Waals surface area contributed by atoms with Crippen molar-refractivity contribution in [1.82, 2.24) is 19.7 Å². The highest BCUT2D eigenvalue weighted by Gasteiger charge is 2.26. The van der Waals surface area contributed by atoms with Gasteiger partial charge >= 0.3 is 0 Å². The molecule has 2 aromatic heterocycles. The summed E-state index contributed by atoms with van der Waals surface area (Å²) in [7, 11) is -2.38. The van der Waals surface area contributed by atoms with Gasteiger partial charge in [-0.3, -0.25) is 19.0 Å². The molecule has 11 nitrogen and oxygen atoms in total. The average molecular weight is 539 g/mol. The van der Waals surface area contributed by atoms with Crippen molar-refractivity contribution in [2.45, 2.75) is 44.9 Å². The van der Waals surface area contributed by atoms with E-state index in [2.05, 4.69) is 20.1 Å². The maximum Gasteiger partial charge on any atom is 0.277 e. The van der Waals surface area contributed by atoms with E-state index in [0.717, 1.165) is 0 Å². The molecule has 0 radical (unpaired) electrons. The average Bonchev–Trinajstić information content (AvgIpc) is 3.16. The van der Waals surface area contributed by atoms with Crippen molar-refractivity contribution >= 4 is 38.3 Å². The minimum absolute atomic E-state index is 0.0640. The fourth-order valence-corrected chi connectivity index (χ4v) is 5.11. The van der Waals surface area contributed by atoms with Crippen molar-refractivity contribution in [2.24, 2.45) is 7.05 Å². The molecule has 38 heavy (non-hydrogen) atoms. The number of hydrogen-bond acceptors (Lipinski definition) is 7. The number of rotatable bonds is 7. The number of sulfonamides is 1. The molecule has 0 fully saturated rings. The Morgan fingerprint density at radius 3 is 2.50 bits per heavy atom. The van der Waals surface area contributed by atoms with Crippen LogP contribution in [0.1, 0.15) is 40.3 Å². The smallest absolute Gasteiger partial charge is 0.277 e. The first-order valence-corrected chi connectivity index (χ1v) is 13.4. The number of carbonyl (C=O) groups excluding carboxylic acids is 1. The van der Waals surface area contributed by atoms with Crippen LogP contribution in [0.3, 0.4) is 0 Å². The molecule has 3 N–H and O–H groups in total. The first kappa shape index (κ1) is 26.9. The molecule has 2 heterocycles. The normalized spacial score (nSPS) is 11.9. The van der Waals surface area contributed by atoms with Gasteiger partial charge in [-0.2, -0.15) is 5.10 Å². The summed E-state index contributed by atoms with van der Waals surface area (Å²) in [5.41, 5.74) is 1.63. The zero-order valence-electron chi connectivity index (χ0n) is 22.0. The molecule has 1 amide bonds. The third-order valence-electron chi connectivity index (χ3n) is 5.65. The second kappa shape index (κ2) is 9.93. The number of amides is 1. The molecule has 0 unspecified atom stereocenters. The predicted octanol–water partition coefficient (Wildman–Crippen LogP) is 3.78. The highest BCUT2D eigenvalue weighted by molar-refractivity contribution is 7.92. The van der Waals surface area contributed by atoms with E-state index in [4.69, 9.17) is 9.72 Å². The van der Waals surface area contributed by atoms with Crippen LogP contribution >= 0.6 is 0 Å². The summed E-state index contributed by atoms with van der Waals surface area (Å²) in [5, 5.41) is 7.14. The lowest BCUT2D eigenvalue weighted by Crippen LogP contribution is -2.16. The molecule has 0 aliphatic heterocycles. The summed E-state index contributed by atoms with van der Waals surface area (Å²) in [6.07, 6.45) is 0. The Morgan fingerprint density at radius 2 is 1.84 bits per heavy atom. The number of benzene rings is 2. The number of aromatic amines is 1. The number of aromatic nitrogens is 4. The number of anilines is 2. The fraction of sp³-hybridized carbons (Fsp3) is 0.308. The minimum atomic E-state index is -4.06. The SMILES string of the molecule is CCOc1ccc(S(=O)(=O)Nc2cccc(NC(C)=O)c2)cc1-c1nc2c(C(C)(C)C)nn(C)c2c(=O)[nH]1. The molecule has 0 atom stereocenters. The van der Waals surface area contributed by atoms with Crippen LogP contribution in [0.5, 0.6) is 5.75 Å². The number of nitrogens with one attached hydrogen (secondary N) is 3. The van der Waals surface area contributed by atoms with Crippen LogP contribution < -0.4 is 20.3 Å². The van der Waals surface area contributed by atoms with E-state index in [0.29, 0.717) is 40.3 Å². The summed E-state index contributed by atoms with van der Waals surface area (Å²) in [6, 6.07) is 10.7. The van der Waals surface area contributed by atoms with Gasteiger partial charge in [0, 0.05) is 25.1 Å². The lowest BCUT2D eigenvalue weighted by Gasteiger charge is -2.16. The van der Waals surface area contributed by atoms with Crippen molar-refractivity contribution in [1.29, 1.82) is 0 Å². The maximum atomic E-state index is 13.3. The number of hydrogen-bond donors (Lipinski definition) is 3. The minimum Gasteiger partial charge on any atom is -0.493 e. The number of H-pyrrole nitrogens is 1. The van der Waals surface area contributed by atoms with Crippen LogP contribution in [0.2, 0.25) is 0 Å². The number of carbonyl (C=O) groups is 1. The molecule has 0 aliphatic rings. The van der Waals surface area contributed by atoms with Crippen molar-refractivity contribution < 1.29 is 17.9 Å². The Kier molecular flexibility index (Phi) is 7.02. The second-order valence-electron chi connectivity index (χ2n) is 9.79. The number of aryl methyl sites for hydroxylation is 1. The van der Waals surface area contributed by atoms with E-state index in [1.165, 1.54) is 35.9 Å². The van der Waals surface area contributed by atoms with E-state index in [1.54, 1.807) is 32.2 Å². The molecular weight excluding hydrogens is 508 g/mol. The Balaban J connectivity index is 1.83. The molecule has 0 aliphatic carbocycles. The lowest BCUT2D eigenvalue weighted by molar-refractivity contribution is -0.114. The van der Waals surface area contributed by atoms with E-state index in [-0.39, 0.29) is 27.7 Å². The lowest BCUT2D eigenvalue weighted by atomic mass is 9.91. The van der Waals surface area contributed by atoms with Crippen LogP contribution in [-0.2, 0) is 27.3 Å². The maximum absolute atomic E-state index is 13.3. The number of fused-ring (bicyclic) bond motifs is 1. The zero-order chi connectivity index (χ0) is 27.8. The monoisotopic (exact) mass is 538 g/mol. The quantitative estimate of drug-likeness (QED) is 0.324. The van der Waals surface area contributed by atoms with Gasteiger partial charge in [-0.05, 0) is 43.3 Å². The van der Waals surface area contributed by atoms with Gasteiger partial charge in [0.25, 0.3) is 15.6 Å². The summed E-state index contributed by atoms with van der Waals surface area (Å²) in [5.74, 6) is 0.250. The van der Waals surface area contributed by atoms with E-state index >= 15 is 0 Å². The zero-order valence-corrected chi connectivity index (χ0v) is 22.9. The fourth-order valence-electron chi connectivity index (χ4n) is 4.03. The van der Waals surface area contributed by atoms with E-state index in [9.17, 15) is 18.0 Å². The van der Waals surface area contributed by atoms with Crippen LogP contribution in [0, 0.1) is 0 Å². The molecule has 2 aromatic carbocycles. The van der Waals surface area contributed by atoms with Gasteiger partial charge in [-0.1, -0.05) is 26.8 Å². The molecule has 0 bridgehead atoms. The molecule has 0 saturated heterocycles. The van der Waals surface area contributed by atoms with Crippen LogP contribution in [0.25, 0.3) is 22.4 Å². The van der Waals surface area contributed by atoms with Gasteiger partial charge in [0.05, 0.1) is 28.4 Å². The molecule has 12 heteroatoms. The Labute approximate surface area is 220 Å². The number of ether oxygens (including phenoxy) is 1. The molecule has 0 spiro atoms. The standard InChI is InChI=1S/C26H30N6O5S/c1-7-37-20-12-11-18(38(35,36)31-17-10-8-9-16(13-17)27-15(2)33)14-19(20)24-28-21-22(25(34)29-24)32(6)30-23(21)26(3,4)5/h8-14,31H,7H2,1-6H3,(H,27,33)(H,28,29,34). The van der Waals surface area contributed by atoms with Crippen molar-refractivity contribution in [2.75, 3.05) is 16.6 Å². The summed E-state index contributed by atoms with van der Waals surface area (Å²) >= 11 is 0. The van der Waals surface area contributed by atoms with Crippen LogP contribution in [-0.4, -0.2) is 40.7 Å². The molecule has 4 aromatic rings. The summed E-state index contributed by atoms with van der Waals surface area (Å²) in [6.45, 7) is 9.41. The summed E-state index contributed by atoms with van der Waals surface area (Å²) < 4.78 is 36.4. The number of nitrogens with zero attached hydrogens (tertiary/aromatic N) is 3. The van der Waals surface area contributed by atoms with Gasteiger partial charge in [0.2, 0.25) is 5.91 Å². The third-order valence-corrected chi connectivity index (χ3v) is 7.03. The first-order valence-electron chi connectivity index (χ1n) is 12.0. The molecular formula is C26H30N6O5S. The van der Waals surface area contributed by atoms with Crippen LogP contribution in [0.15, 0.2) is 52.2 Å². The van der Waals surface area contributed by atoms with Gasteiger partial charge in [-0.25, -0.2) is 13.4 Å². The highest BCUT2D eigenvalue weighted by atomic mass is 32.2. The largest absolute Gasteiger partial charge is 0.493 e. The second-order valence-corrected chi connectivity index (χ2v) is 11.5. The molecule has 200 valence electrons. The van der Waals surface area contributed by atoms with Crippen molar-refractivity contribution in [3.63, 3.8) is 0 Å². The Morgan fingerprint density at radius 1 is 1.13 bits per heavy atom. The van der Waals surface area contributed by atoms with E-state index in [1.807, 2.05) is 20.8 Å². The van der Waals surface area contributed by atoms with E-state index < -0.39 is 15.6 Å². The highest BCUT2D eigenvalue weighted by Crippen LogP contribution is 2.33. The topological polar surface area (TPSA) is 148 Å². The van der Waals surface area contributed by atoms with Crippen molar-refractivity contribution in [3.05, 3.63) is 58.5 Å². The molecule has 0 saturated carbocycles. The van der Waals surface area contributed by atoms with Gasteiger partial charge in [0.1, 0.15) is 17.1 Å². The van der Waals surface area contributed by atoms with Gasteiger partial charge in [0.15, 0.2) is 5.52 Å². The van der Waals surface area contributed by atoms with Gasteiger partial charge in [-0.15, -0.1) is 0 Å². The Bertz CT molecular complexity index is 1700. The molecule has 4 rings (SSSR count). The van der Waals surface area contributed by atoms with Crippen LogP contribution in [0.4, 0.5) is 11.4 Å². The van der Waals surface area contributed by atoms with Crippen molar-refractivity contribution in [3.8, 4) is 17.1 Å². The Hall–Kier alpha value is -4.19. The van der Waals surface area contributed by atoms with Gasteiger partial charge < -0.3 is 15.0 Å². The summed E-state index contributed by atoms with van der Waals surface area (Å²) in [4.78, 5) is 31.9. The third kappa shape index (κ3) is 5.40. The predicted molar refractivity (Wildman–Crippen MR) is 146 cm³/mol.